The molecule has 0 aliphatic heterocycles. The molecule has 1 aliphatic carbocycles. The number of amides is 1. The van der Waals surface area contributed by atoms with Gasteiger partial charge in [-0.1, -0.05) is 36.6 Å². The van der Waals surface area contributed by atoms with Crippen LogP contribution in [0.3, 0.4) is 0 Å². The topological polar surface area (TPSA) is 67.4 Å². The summed E-state index contributed by atoms with van der Waals surface area (Å²) >= 11 is 12.9. The van der Waals surface area contributed by atoms with Crippen LogP contribution in [0, 0.1) is 0 Å². The predicted molar refractivity (Wildman–Crippen MR) is 117 cm³/mol. The molecular weight excluding hydrogens is 416 g/mol. The highest BCUT2D eigenvalue weighted by Gasteiger charge is 2.25. The van der Waals surface area contributed by atoms with Crippen LogP contribution in [0.25, 0.3) is 0 Å². The van der Waals surface area contributed by atoms with Crippen molar-refractivity contribution >= 4 is 57.1 Å². The molecule has 1 heterocycles. The highest BCUT2D eigenvalue weighted by molar-refractivity contribution is 7.80. The second-order valence-electron chi connectivity index (χ2n) is 6.50. The number of halogens is 1. The molecule has 3 rings (SSSR count). The lowest BCUT2D eigenvalue weighted by Crippen LogP contribution is -2.34. The van der Waals surface area contributed by atoms with E-state index < -0.39 is 5.91 Å². The van der Waals surface area contributed by atoms with Gasteiger partial charge < -0.3 is 10.1 Å². The third-order valence-corrected chi connectivity index (χ3v) is 6.37. The van der Waals surface area contributed by atoms with Crippen molar-refractivity contribution in [1.82, 2.24) is 5.32 Å². The Balaban J connectivity index is 1.82. The highest BCUT2D eigenvalue weighted by Crippen LogP contribution is 2.37. The molecule has 0 fully saturated rings. The molecule has 8 heteroatoms. The van der Waals surface area contributed by atoms with Crippen molar-refractivity contribution in [2.24, 2.45) is 0 Å². The monoisotopic (exact) mass is 436 g/mol. The van der Waals surface area contributed by atoms with E-state index in [-0.39, 0.29) is 11.1 Å². The van der Waals surface area contributed by atoms with Gasteiger partial charge in [-0.25, -0.2) is 4.79 Å². The van der Waals surface area contributed by atoms with Gasteiger partial charge >= 0.3 is 5.97 Å². The summed E-state index contributed by atoms with van der Waals surface area (Å²) in [5.41, 5.74) is 1.90. The Labute approximate surface area is 178 Å². The number of thiocarbonyl (C=S) groups is 1. The van der Waals surface area contributed by atoms with Crippen LogP contribution in [0.5, 0.6) is 0 Å². The van der Waals surface area contributed by atoms with Gasteiger partial charge in [-0.05, 0) is 55.6 Å². The molecule has 2 aromatic rings. The molecule has 0 saturated heterocycles. The third kappa shape index (κ3) is 4.71. The Morgan fingerprint density at radius 1 is 1.14 bits per heavy atom. The van der Waals surface area contributed by atoms with Crippen molar-refractivity contribution in [2.45, 2.75) is 38.5 Å². The van der Waals surface area contributed by atoms with E-state index in [0.29, 0.717) is 21.2 Å². The van der Waals surface area contributed by atoms with Crippen molar-refractivity contribution < 1.29 is 14.3 Å². The molecule has 0 spiro atoms. The number of carbonyl (C=O) groups excluding carboxylic acids is 2. The number of rotatable bonds is 3. The van der Waals surface area contributed by atoms with Gasteiger partial charge in [-0.15, -0.1) is 11.3 Å². The number of fused-ring (bicyclic) bond motifs is 1. The highest BCUT2D eigenvalue weighted by atomic mass is 35.5. The minimum absolute atomic E-state index is 0.115. The number of hydrogen-bond donors (Lipinski definition) is 2. The lowest BCUT2D eigenvalue weighted by molar-refractivity contribution is 0.0601. The van der Waals surface area contributed by atoms with Gasteiger partial charge in [0.25, 0.3) is 5.91 Å². The van der Waals surface area contributed by atoms with E-state index in [0.717, 1.165) is 37.7 Å². The van der Waals surface area contributed by atoms with Crippen LogP contribution in [0.2, 0.25) is 5.02 Å². The number of methoxy groups -OCH3 is 1. The number of nitrogens with one attached hydrogen (secondary N) is 2. The first-order valence-electron chi connectivity index (χ1n) is 9.11. The number of anilines is 1. The first kappa shape index (κ1) is 20.8. The third-order valence-electron chi connectivity index (χ3n) is 4.63. The SMILES string of the molecule is COC(=O)c1c(NC(=S)NC(=O)c2ccccc2Cl)sc2c1CCCCCC2. The van der Waals surface area contributed by atoms with Crippen LogP contribution >= 0.6 is 35.2 Å². The zero-order valence-electron chi connectivity index (χ0n) is 15.5. The van der Waals surface area contributed by atoms with Gasteiger partial charge in [0.2, 0.25) is 0 Å². The fraction of sp³-hybridized carbons (Fsp3) is 0.350. The Morgan fingerprint density at radius 3 is 2.57 bits per heavy atom. The summed E-state index contributed by atoms with van der Waals surface area (Å²) in [6.45, 7) is 0. The molecule has 0 saturated carbocycles. The molecule has 0 atom stereocenters. The van der Waals surface area contributed by atoms with Gasteiger partial charge in [0, 0.05) is 4.88 Å². The number of esters is 1. The van der Waals surface area contributed by atoms with Crippen LogP contribution in [-0.4, -0.2) is 24.1 Å². The van der Waals surface area contributed by atoms with Crippen molar-refractivity contribution in [3.8, 4) is 0 Å². The maximum Gasteiger partial charge on any atom is 0.341 e. The van der Waals surface area contributed by atoms with Crippen molar-refractivity contribution in [2.75, 3.05) is 12.4 Å². The molecular formula is C20H21ClN2O3S2. The predicted octanol–water partition coefficient (Wildman–Crippen LogP) is 4.97. The summed E-state index contributed by atoms with van der Waals surface area (Å²) in [4.78, 5) is 26.0. The van der Waals surface area contributed by atoms with Crippen LogP contribution in [0.15, 0.2) is 24.3 Å². The summed E-state index contributed by atoms with van der Waals surface area (Å²) in [6.07, 6.45) is 6.27. The molecule has 5 nitrogen and oxygen atoms in total. The largest absolute Gasteiger partial charge is 0.465 e. The summed E-state index contributed by atoms with van der Waals surface area (Å²) in [5, 5.41) is 6.72. The molecule has 0 unspecified atom stereocenters. The van der Waals surface area contributed by atoms with Crippen LogP contribution in [-0.2, 0) is 17.6 Å². The van der Waals surface area contributed by atoms with Gasteiger partial charge in [0.15, 0.2) is 5.11 Å². The van der Waals surface area contributed by atoms with E-state index in [4.69, 9.17) is 28.6 Å². The number of carbonyl (C=O) groups is 2. The maximum atomic E-state index is 12.4. The average molecular weight is 437 g/mol. The number of hydrogen-bond acceptors (Lipinski definition) is 5. The van der Waals surface area contributed by atoms with E-state index in [9.17, 15) is 9.59 Å². The molecule has 1 aromatic carbocycles. The lowest BCUT2D eigenvalue weighted by atomic mass is 9.96. The van der Waals surface area contributed by atoms with E-state index in [2.05, 4.69) is 10.6 Å². The van der Waals surface area contributed by atoms with Crippen LogP contribution in [0.1, 0.15) is 56.8 Å². The van der Waals surface area contributed by atoms with E-state index in [1.165, 1.54) is 29.7 Å². The molecule has 28 heavy (non-hydrogen) atoms. The summed E-state index contributed by atoms with van der Waals surface area (Å²) in [6, 6.07) is 6.74. The van der Waals surface area contributed by atoms with Crippen molar-refractivity contribution in [3.63, 3.8) is 0 Å². The second-order valence-corrected chi connectivity index (χ2v) is 8.42. The smallest absolute Gasteiger partial charge is 0.341 e. The van der Waals surface area contributed by atoms with E-state index in [1.807, 2.05) is 0 Å². The standard InChI is InChI=1S/C20H21ClN2O3S2/c1-26-19(25)16-13-9-4-2-3-5-11-15(13)28-18(16)23-20(27)22-17(24)12-8-6-7-10-14(12)21/h6-8,10H,2-5,9,11H2,1H3,(H2,22,23,24,27). The zero-order valence-corrected chi connectivity index (χ0v) is 17.9. The zero-order chi connectivity index (χ0) is 20.1. The summed E-state index contributed by atoms with van der Waals surface area (Å²) < 4.78 is 5.00. The molecule has 1 aliphatic rings. The Bertz CT molecular complexity index is 911. The molecule has 0 radical (unpaired) electrons. The van der Waals surface area contributed by atoms with Crippen LogP contribution < -0.4 is 10.6 Å². The van der Waals surface area contributed by atoms with Gasteiger partial charge in [-0.3, -0.25) is 10.1 Å². The molecule has 148 valence electrons. The van der Waals surface area contributed by atoms with Crippen molar-refractivity contribution in [1.29, 1.82) is 0 Å². The lowest BCUT2D eigenvalue weighted by Gasteiger charge is -2.12. The van der Waals surface area contributed by atoms with Gasteiger partial charge in [0.1, 0.15) is 5.00 Å². The van der Waals surface area contributed by atoms with Gasteiger partial charge in [-0.2, -0.15) is 0 Å². The summed E-state index contributed by atoms with van der Waals surface area (Å²) in [7, 11) is 1.37. The minimum atomic E-state index is -0.405. The molecule has 1 amide bonds. The number of thiophene rings is 1. The quantitative estimate of drug-likeness (QED) is 0.525. The molecule has 2 N–H and O–H groups in total. The van der Waals surface area contributed by atoms with E-state index in [1.54, 1.807) is 24.3 Å². The fourth-order valence-electron chi connectivity index (χ4n) is 3.28. The number of aryl methyl sites for hydroxylation is 1. The first-order valence-corrected chi connectivity index (χ1v) is 10.7. The van der Waals surface area contributed by atoms with Crippen molar-refractivity contribution in [3.05, 3.63) is 50.9 Å². The van der Waals surface area contributed by atoms with Gasteiger partial charge in [0.05, 0.1) is 23.3 Å². The molecule has 1 aromatic heterocycles. The molecule has 0 bridgehead atoms. The van der Waals surface area contributed by atoms with E-state index >= 15 is 0 Å². The number of ether oxygens (including phenoxy) is 1. The first-order chi connectivity index (χ1) is 13.5. The fourth-order valence-corrected chi connectivity index (χ4v) is 5.04. The Hall–Kier alpha value is -1.96. The average Bonchev–Trinajstić information content (AvgIpc) is 2.97. The maximum absolute atomic E-state index is 12.4. The minimum Gasteiger partial charge on any atom is -0.465 e. The normalized spacial score (nSPS) is 13.6. The Kier molecular flexibility index (Phi) is 7.04. The second kappa shape index (κ2) is 9.49. The van der Waals surface area contributed by atoms with Crippen LogP contribution in [0.4, 0.5) is 5.00 Å². The Morgan fingerprint density at radius 2 is 1.86 bits per heavy atom. The number of benzene rings is 1. The summed E-state index contributed by atoms with van der Waals surface area (Å²) in [5.74, 6) is -0.793.